The van der Waals surface area contributed by atoms with Crippen LogP contribution in [0.1, 0.15) is 25.3 Å². The number of unbranched alkanes of at least 4 members (excludes halogenated alkanes) is 1. The minimum atomic E-state index is -0.381. The predicted molar refractivity (Wildman–Crippen MR) is 64.5 cm³/mol. The zero-order valence-electron chi connectivity index (χ0n) is 9.33. The summed E-state index contributed by atoms with van der Waals surface area (Å²) < 4.78 is 4.95. The first-order chi connectivity index (χ1) is 7.72. The summed E-state index contributed by atoms with van der Waals surface area (Å²) in [5.41, 5.74) is 0.958. The van der Waals surface area contributed by atoms with Gasteiger partial charge in [0, 0.05) is 11.6 Å². The maximum absolute atomic E-state index is 11.2. The molecule has 0 saturated heterocycles. The zero-order valence-corrected chi connectivity index (χ0v) is 10.1. The number of amides is 1. The molecule has 1 aromatic rings. The normalized spacial score (nSPS) is 9.88. The second kappa shape index (κ2) is 7.12. The van der Waals surface area contributed by atoms with Crippen LogP contribution < -0.4 is 5.32 Å². The lowest BCUT2D eigenvalue weighted by molar-refractivity contribution is 0.144. The summed E-state index contributed by atoms with van der Waals surface area (Å²) >= 11 is 5.82. The summed E-state index contributed by atoms with van der Waals surface area (Å²) in [4.78, 5) is 11.2. The molecule has 0 heterocycles. The highest BCUT2D eigenvalue weighted by Crippen LogP contribution is 2.10. The number of rotatable bonds is 5. The van der Waals surface area contributed by atoms with Gasteiger partial charge in [-0.3, -0.25) is 0 Å². The van der Waals surface area contributed by atoms with E-state index in [1.807, 2.05) is 25.1 Å². The Morgan fingerprint density at radius 2 is 2.31 bits per heavy atom. The van der Waals surface area contributed by atoms with Crippen LogP contribution in [0.15, 0.2) is 24.3 Å². The topological polar surface area (TPSA) is 38.3 Å². The van der Waals surface area contributed by atoms with E-state index < -0.39 is 0 Å². The Kier molecular flexibility index (Phi) is 5.72. The lowest BCUT2D eigenvalue weighted by atomic mass is 10.2. The first kappa shape index (κ1) is 12.8. The third-order valence-electron chi connectivity index (χ3n) is 2.06. The predicted octanol–water partition coefficient (Wildman–Crippen LogP) is 3.37. The summed E-state index contributed by atoms with van der Waals surface area (Å²) in [7, 11) is 0. The van der Waals surface area contributed by atoms with Crippen molar-refractivity contribution < 1.29 is 9.53 Å². The fourth-order valence-electron chi connectivity index (χ4n) is 1.18. The van der Waals surface area contributed by atoms with Crippen molar-refractivity contribution in [2.45, 2.75) is 26.3 Å². The smallest absolute Gasteiger partial charge is 0.407 e. The Labute approximate surface area is 101 Å². The molecule has 16 heavy (non-hydrogen) atoms. The first-order valence-corrected chi connectivity index (χ1v) is 5.75. The number of hydrogen-bond donors (Lipinski definition) is 1. The summed E-state index contributed by atoms with van der Waals surface area (Å²) in [5.74, 6) is 0. The summed E-state index contributed by atoms with van der Waals surface area (Å²) in [6.45, 7) is 2.95. The Morgan fingerprint density at radius 3 is 3.00 bits per heavy atom. The van der Waals surface area contributed by atoms with Crippen molar-refractivity contribution in [1.29, 1.82) is 0 Å². The molecule has 0 aliphatic heterocycles. The van der Waals surface area contributed by atoms with Crippen LogP contribution in [0, 0.1) is 0 Å². The van der Waals surface area contributed by atoms with Gasteiger partial charge < -0.3 is 10.1 Å². The standard InChI is InChI=1S/C12H16ClNO2/c1-2-3-7-16-12(15)14-9-10-5-4-6-11(13)8-10/h4-6,8H,2-3,7,9H2,1H3,(H,14,15). The van der Waals surface area contributed by atoms with Crippen LogP contribution in [-0.4, -0.2) is 12.7 Å². The average Bonchev–Trinajstić information content (AvgIpc) is 2.27. The molecule has 4 heteroatoms. The van der Waals surface area contributed by atoms with Crippen molar-refractivity contribution in [3.05, 3.63) is 34.9 Å². The van der Waals surface area contributed by atoms with Crippen LogP contribution in [0.2, 0.25) is 5.02 Å². The molecule has 0 saturated carbocycles. The largest absolute Gasteiger partial charge is 0.450 e. The molecule has 0 aliphatic carbocycles. The fraction of sp³-hybridized carbons (Fsp3) is 0.417. The van der Waals surface area contributed by atoms with Crippen LogP contribution >= 0.6 is 11.6 Å². The molecule has 88 valence electrons. The Bertz CT molecular complexity index is 342. The van der Waals surface area contributed by atoms with Gasteiger partial charge in [-0.25, -0.2) is 4.79 Å². The van der Waals surface area contributed by atoms with Crippen molar-refractivity contribution in [2.75, 3.05) is 6.61 Å². The van der Waals surface area contributed by atoms with Crippen molar-refractivity contribution in [2.24, 2.45) is 0 Å². The molecule has 0 aromatic heterocycles. The molecule has 1 amide bonds. The van der Waals surface area contributed by atoms with E-state index in [1.165, 1.54) is 0 Å². The van der Waals surface area contributed by atoms with Crippen molar-refractivity contribution >= 4 is 17.7 Å². The number of carbonyl (C=O) groups is 1. The monoisotopic (exact) mass is 241 g/mol. The maximum atomic E-state index is 11.2. The molecule has 0 spiro atoms. The summed E-state index contributed by atoms with van der Waals surface area (Å²) in [5, 5.41) is 3.33. The molecular weight excluding hydrogens is 226 g/mol. The van der Waals surface area contributed by atoms with Crippen molar-refractivity contribution in [1.82, 2.24) is 5.32 Å². The van der Waals surface area contributed by atoms with Crippen LogP contribution in [0.25, 0.3) is 0 Å². The van der Waals surface area contributed by atoms with Gasteiger partial charge >= 0.3 is 6.09 Å². The van der Waals surface area contributed by atoms with E-state index >= 15 is 0 Å². The number of nitrogens with one attached hydrogen (secondary N) is 1. The Balaban J connectivity index is 2.26. The van der Waals surface area contributed by atoms with E-state index in [0.717, 1.165) is 18.4 Å². The lowest BCUT2D eigenvalue weighted by Crippen LogP contribution is -2.24. The Hall–Kier alpha value is -1.22. The van der Waals surface area contributed by atoms with Crippen LogP contribution in [0.5, 0.6) is 0 Å². The molecule has 1 rings (SSSR count). The number of alkyl carbamates (subject to hydrolysis) is 1. The highest BCUT2D eigenvalue weighted by atomic mass is 35.5. The van der Waals surface area contributed by atoms with E-state index in [9.17, 15) is 4.79 Å². The van der Waals surface area contributed by atoms with E-state index in [2.05, 4.69) is 5.32 Å². The Morgan fingerprint density at radius 1 is 1.50 bits per heavy atom. The lowest BCUT2D eigenvalue weighted by Gasteiger charge is -2.06. The van der Waals surface area contributed by atoms with Gasteiger partial charge in [0.1, 0.15) is 0 Å². The van der Waals surface area contributed by atoms with E-state index in [-0.39, 0.29) is 6.09 Å². The SMILES string of the molecule is CCCCOC(=O)NCc1cccc(Cl)c1. The minimum Gasteiger partial charge on any atom is -0.450 e. The van der Waals surface area contributed by atoms with E-state index in [4.69, 9.17) is 16.3 Å². The van der Waals surface area contributed by atoms with E-state index in [1.54, 1.807) is 6.07 Å². The highest BCUT2D eigenvalue weighted by molar-refractivity contribution is 6.30. The van der Waals surface area contributed by atoms with Gasteiger partial charge in [0.2, 0.25) is 0 Å². The molecule has 0 radical (unpaired) electrons. The quantitative estimate of drug-likeness (QED) is 0.803. The van der Waals surface area contributed by atoms with Gasteiger partial charge in [0.15, 0.2) is 0 Å². The van der Waals surface area contributed by atoms with Gasteiger partial charge in [-0.2, -0.15) is 0 Å². The van der Waals surface area contributed by atoms with E-state index in [0.29, 0.717) is 18.2 Å². The van der Waals surface area contributed by atoms with Gasteiger partial charge in [-0.15, -0.1) is 0 Å². The molecule has 0 unspecified atom stereocenters. The molecule has 1 N–H and O–H groups in total. The van der Waals surface area contributed by atoms with Crippen LogP contribution in [0.4, 0.5) is 4.79 Å². The van der Waals surface area contributed by atoms with Crippen LogP contribution in [-0.2, 0) is 11.3 Å². The average molecular weight is 242 g/mol. The summed E-state index contributed by atoms with van der Waals surface area (Å²) in [6, 6.07) is 7.36. The molecule has 0 fully saturated rings. The van der Waals surface area contributed by atoms with Gasteiger partial charge in [-0.05, 0) is 24.1 Å². The van der Waals surface area contributed by atoms with Gasteiger partial charge in [0.05, 0.1) is 6.61 Å². The van der Waals surface area contributed by atoms with Gasteiger partial charge in [0.25, 0.3) is 0 Å². The molecule has 0 atom stereocenters. The maximum Gasteiger partial charge on any atom is 0.407 e. The molecule has 0 aliphatic rings. The van der Waals surface area contributed by atoms with Crippen LogP contribution in [0.3, 0.4) is 0 Å². The number of ether oxygens (including phenoxy) is 1. The fourth-order valence-corrected chi connectivity index (χ4v) is 1.39. The zero-order chi connectivity index (χ0) is 11.8. The van der Waals surface area contributed by atoms with Crippen molar-refractivity contribution in [3.8, 4) is 0 Å². The first-order valence-electron chi connectivity index (χ1n) is 5.37. The molecule has 1 aromatic carbocycles. The molecular formula is C12H16ClNO2. The summed E-state index contributed by atoms with van der Waals surface area (Å²) in [6.07, 6.45) is 1.53. The molecule has 0 bridgehead atoms. The third kappa shape index (κ3) is 5.03. The minimum absolute atomic E-state index is 0.381. The van der Waals surface area contributed by atoms with Gasteiger partial charge in [-0.1, -0.05) is 37.1 Å². The third-order valence-corrected chi connectivity index (χ3v) is 2.29. The second-order valence-corrected chi connectivity index (χ2v) is 3.91. The second-order valence-electron chi connectivity index (χ2n) is 3.47. The number of hydrogen-bond acceptors (Lipinski definition) is 2. The highest BCUT2D eigenvalue weighted by Gasteiger charge is 2.01. The molecule has 3 nitrogen and oxygen atoms in total. The number of halogens is 1. The van der Waals surface area contributed by atoms with Crippen molar-refractivity contribution in [3.63, 3.8) is 0 Å². The number of benzene rings is 1. The number of carbonyl (C=O) groups excluding carboxylic acids is 1.